The number of alkyl halides is 2. The molecule has 0 saturated heterocycles. The van der Waals surface area contributed by atoms with E-state index in [1.54, 1.807) is 6.20 Å². The number of hydrogen-bond acceptors (Lipinski definition) is 3. The summed E-state index contributed by atoms with van der Waals surface area (Å²) in [5.74, 6) is -4.18. The molecule has 0 spiro atoms. The van der Waals surface area contributed by atoms with Gasteiger partial charge in [0.1, 0.15) is 5.82 Å². The van der Waals surface area contributed by atoms with Crippen LogP contribution >= 0.6 is 0 Å². The first-order valence-electron chi connectivity index (χ1n) is 7.15. The van der Waals surface area contributed by atoms with Crippen LogP contribution in [0.3, 0.4) is 0 Å². The van der Waals surface area contributed by atoms with Crippen molar-refractivity contribution in [2.24, 2.45) is 5.73 Å². The number of nitrogens with two attached hydrogens (primary N) is 1. The molecule has 6 heteroatoms. The fourth-order valence-electron chi connectivity index (χ4n) is 2.02. The summed E-state index contributed by atoms with van der Waals surface area (Å²) in [6.07, 6.45) is 4.47. The second kappa shape index (κ2) is 7.17. The van der Waals surface area contributed by atoms with Crippen LogP contribution in [0.2, 0.25) is 0 Å². The van der Waals surface area contributed by atoms with Gasteiger partial charge in [-0.25, -0.2) is 13.2 Å². The number of nitrogens with zero attached hydrogens (tertiary/aromatic N) is 1. The maximum Gasteiger partial charge on any atom is 0.273 e. The highest BCUT2D eigenvalue weighted by atomic mass is 19.3. The molecule has 122 valence electrons. The monoisotopic (exact) mass is 321 g/mol. The van der Waals surface area contributed by atoms with E-state index >= 15 is 0 Å². The zero-order valence-corrected chi connectivity index (χ0v) is 12.7. The Morgan fingerprint density at radius 1 is 1.30 bits per heavy atom. The van der Waals surface area contributed by atoms with Crippen molar-refractivity contribution in [2.45, 2.75) is 25.7 Å². The highest BCUT2D eigenvalue weighted by Gasteiger charge is 2.28. The molecular formula is C17H18F3N3. The average molecular weight is 321 g/mol. The Kier molecular flexibility index (Phi) is 5.26. The molecular weight excluding hydrogens is 303 g/mol. The van der Waals surface area contributed by atoms with E-state index in [0.717, 1.165) is 17.8 Å². The highest BCUT2D eigenvalue weighted by Crippen LogP contribution is 2.31. The molecule has 0 radical (unpaired) electrons. The van der Waals surface area contributed by atoms with E-state index in [4.69, 9.17) is 5.73 Å². The number of aromatic nitrogens is 1. The molecule has 2 aromatic rings. The zero-order chi connectivity index (χ0) is 16.9. The van der Waals surface area contributed by atoms with E-state index in [1.165, 1.54) is 12.3 Å². The summed E-state index contributed by atoms with van der Waals surface area (Å²) in [5.41, 5.74) is 7.03. The molecule has 0 atom stereocenters. The minimum atomic E-state index is -3.24. The summed E-state index contributed by atoms with van der Waals surface area (Å²) in [5, 5.41) is 2.81. The molecule has 0 bridgehead atoms. The van der Waals surface area contributed by atoms with Crippen LogP contribution in [0.4, 0.5) is 18.9 Å². The predicted molar refractivity (Wildman–Crippen MR) is 84.4 cm³/mol. The average Bonchev–Trinajstić information content (AvgIpc) is 2.52. The second-order valence-corrected chi connectivity index (χ2v) is 5.27. The molecule has 0 amide bonds. The number of allylic oxidation sites excluding steroid dienone is 1. The smallest absolute Gasteiger partial charge is 0.273 e. The molecule has 1 aromatic heterocycles. The van der Waals surface area contributed by atoms with Crippen LogP contribution in [-0.4, -0.2) is 4.98 Å². The van der Waals surface area contributed by atoms with Crippen LogP contribution in [-0.2, 0) is 12.3 Å². The minimum Gasteiger partial charge on any atom is -0.401 e. The van der Waals surface area contributed by atoms with E-state index in [1.807, 2.05) is 18.2 Å². The second-order valence-electron chi connectivity index (χ2n) is 5.27. The van der Waals surface area contributed by atoms with Crippen LogP contribution in [0.1, 0.15) is 24.6 Å². The number of rotatable bonds is 6. The van der Waals surface area contributed by atoms with Crippen molar-refractivity contribution in [3.63, 3.8) is 0 Å². The minimum absolute atomic E-state index is 0.351. The fraction of sp³-hybridized carbons (Fsp3) is 0.235. The molecule has 0 unspecified atom stereocenters. The van der Waals surface area contributed by atoms with Crippen LogP contribution in [0.5, 0.6) is 0 Å². The molecule has 0 aliphatic rings. The molecule has 23 heavy (non-hydrogen) atoms. The predicted octanol–water partition coefficient (Wildman–Crippen LogP) is 4.18. The van der Waals surface area contributed by atoms with Gasteiger partial charge in [-0.3, -0.25) is 4.98 Å². The Balaban J connectivity index is 1.99. The van der Waals surface area contributed by atoms with Crippen LogP contribution < -0.4 is 11.1 Å². The number of hydrogen-bond donors (Lipinski definition) is 2. The van der Waals surface area contributed by atoms with Gasteiger partial charge < -0.3 is 11.1 Å². The van der Waals surface area contributed by atoms with E-state index in [0.29, 0.717) is 31.1 Å². The summed E-state index contributed by atoms with van der Waals surface area (Å²) in [7, 11) is 0. The maximum atomic E-state index is 13.4. The lowest BCUT2D eigenvalue weighted by molar-refractivity contribution is 0.0138. The van der Waals surface area contributed by atoms with Crippen molar-refractivity contribution >= 4 is 5.69 Å². The number of nitrogens with one attached hydrogen (secondary N) is 1. The summed E-state index contributed by atoms with van der Waals surface area (Å²) < 4.78 is 40.0. The maximum absolute atomic E-state index is 13.4. The lowest BCUT2D eigenvalue weighted by atomic mass is 10.1. The van der Waals surface area contributed by atoms with Gasteiger partial charge in [0.15, 0.2) is 0 Å². The lowest BCUT2D eigenvalue weighted by Crippen LogP contribution is -2.10. The SMILES string of the molecule is CC(F)(F)c1cc(N/C=C(\N)CCc2ccccn2)ccc1F. The molecule has 3 nitrogen and oxygen atoms in total. The third kappa shape index (κ3) is 5.02. The standard InChI is InChI=1S/C17H18F3N3/c1-17(19,20)15-10-14(7-8-16(15)18)23-11-12(21)5-6-13-4-2-3-9-22-13/h2-4,7-11,23H,5-6,21H2,1H3/b12-11-. The van der Waals surface area contributed by atoms with Crippen molar-refractivity contribution in [2.75, 3.05) is 5.32 Å². The Morgan fingerprint density at radius 2 is 2.09 bits per heavy atom. The van der Waals surface area contributed by atoms with Crippen molar-refractivity contribution in [1.82, 2.24) is 4.98 Å². The Morgan fingerprint density at radius 3 is 2.74 bits per heavy atom. The van der Waals surface area contributed by atoms with Gasteiger partial charge in [0.05, 0.1) is 5.56 Å². The van der Waals surface area contributed by atoms with Crippen LogP contribution in [0.15, 0.2) is 54.5 Å². The van der Waals surface area contributed by atoms with Crippen molar-refractivity contribution in [1.29, 1.82) is 0 Å². The number of anilines is 1. The van der Waals surface area contributed by atoms with Crippen LogP contribution in [0.25, 0.3) is 0 Å². The number of pyridine rings is 1. The van der Waals surface area contributed by atoms with Gasteiger partial charge >= 0.3 is 0 Å². The highest BCUT2D eigenvalue weighted by molar-refractivity contribution is 5.49. The molecule has 0 saturated carbocycles. The van der Waals surface area contributed by atoms with Crippen molar-refractivity contribution in [3.05, 3.63) is 71.6 Å². The number of aryl methyl sites for hydroxylation is 1. The Labute approximate surface area is 133 Å². The van der Waals surface area contributed by atoms with Gasteiger partial charge in [0, 0.05) is 36.4 Å². The van der Waals surface area contributed by atoms with Gasteiger partial charge in [-0.05, 0) is 43.2 Å². The molecule has 1 aromatic carbocycles. The molecule has 0 aliphatic heterocycles. The third-order valence-corrected chi connectivity index (χ3v) is 3.26. The first-order valence-corrected chi connectivity index (χ1v) is 7.15. The van der Waals surface area contributed by atoms with Crippen molar-refractivity contribution < 1.29 is 13.2 Å². The molecule has 0 aliphatic carbocycles. The lowest BCUT2D eigenvalue weighted by Gasteiger charge is -2.13. The van der Waals surface area contributed by atoms with E-state index < -0.39 is 17.3 Å². The Bertz CT molecular complexity index is 679. The summed E-state index contributed by atoms with van der Waals surface area (Å²) in [6.45, 7) is 0.659. The van der Waals surface area contributed by atoms with Gasteiger partial charge in [-0.2, -0.15) is 0 Å². The molecule has 2 rings (SSSR count). The summed E-state index contributed by atoms with van der Waals surface area (Å²) in [4.78, 5) is 4.19. The topological polar surface area (TPSA) is 50.9 Å². The normalized spacial score (nSPS) is 12.3. The van der Waals surface area contributed by atoms with E-state index in [9.17, 15) is 13.2 Å². The van der Waals surface area contributed by atoms with Gasteiger partial charge in [0.2, 0.25) is 0 Å². The number of benzene rings is 1. The molecule has 1 heterocycles. The van der Waals surface area contributed by atoms with Crippen LogP contribution in [0, 0.1) is 5.82 Å². The third-order valence-electron chi connectivity index (χ3n) is 3.26. The van der Waals surface area contributed by atoms with Gasteiger partial charge in [-0.1, -0.05) is 6.07 Å². The fourth-order valence-corrected chi connectivity index (χ4v) is 2.02. The van der Waals surface area contributed by atoms with Gasteiger partial charge in [-0.15, -0.1) is 0 Å². The molecule has 0 fully saturated rings. The first kappa shape index (κ1) is 16.9. The molecule has 3 N–H and O–H groups in total. The van der Waals surface area contributed by atoms with Gasteiger partial charge in [0.25, 0.3) is 5.92 Å². The summed E-state index contributed by atoms with van der Waals surface area (Å²) >= 11 is 0. The van der Waals surface area contributed by atoms with Crippen molar-refractivity contribution in [3.8, 4) is 0 Å². The van der Waals surface area contributed by atoms with E-state index in [2.05, 4.69) is 10.3 Å². The number of halogens is 3. The first-order chi connectivity index (χ1) is 10.9. The zero-order valence-electron chi connectivity index (χ0n) is 12.7. The Hall–Kier alpha value is -2.50. The summed E-state index contributed by atoms with van der Waals surface area (Å²) in [6, 6.07) is 9.10. The van der Waals surface area contributed by atoms with E-state index in [-0.39, 0.29) is 0 Å². The largest absolute Gasteiger partial charge is 0.401 e. The quantitative estimate of drug-likeness (QED) is 0.839.